The number of hydrogen-bond acceptors (Lipinski definition) is 2. The van der Waals surface area contributed by atoms with Gasteiger partial charge in [-0.15, -0.1) is 0 Å². The summed E-state index contributed by atoms with van der Waals surface area (Å²) in [4.78, 5) is 11.5. The molecule has 0 saturated carbocycles. The Hall–Kier alpha value is -7.16. The Bertz CT molecular complexity index is 3140. The zero-order chi connectivity index (χ0) is 37.3. The smallest absolute Gasteiger partial charge is 0.0978 e. The predicted octanol–water partition coefficient (Wildman–Crippen LogP) is 14.7. The average molecular weight is 713 g/mol. The minimum atomic E-state index is 0.897. The first-order chi connectivity index (χ1) is 27.6. The third-order valence-electron chi connectivity index (χ3n) is 11.6. The van der Waals surface area contributed by atoms with Gasteiger partial charge in [0.1, 0.15) is 0 Å². The van der Waals surface area contributed by atoms with Gasteiger partial charge in [0.05, 0.1) is 22.4 Å². The van der Waals surface area contributed by atoms with Gasteiger partial charge in [0.15, 0.2) is 0 Å². The molecule has 56 heavy (non-hydrogen) atoms. The number of fused-ring (bicyclic) bond motifs is 7. The lowest BCUT2D eigenvalue weighted by atomic mass is 9.89. The van der Waals surface area contributed by atoms with Crippen LogP contribution >= 0.6 is 0 Å². The summed E-state index contributed by atoms with van der Waals surface area (Å²) in [5.74, 6) is 0. The van der Waals surface area contributed by atoms with Crippen molar-refractivity contribution in [3.8, 4) is 44.8 Å². The molecule has 2 heterocycles. The fraction of sp³-hybridized carbons (Fsp3) is 0.0370. The van der Waals surface area contributed by atoms with Crippen LogP contribution in [0.4, 0.5) is 0 Å². The molecule has 9 aromatic carbocycles. The molecule has 0 aliphatic rings. The van der Waals surface area contributed by atoms with Gasteiger partial charge in [-0.05, 0) is 115 Å². The van der Waals surface area contributed by atoms with Crippen molar-refractivity contribution in [3.05, 3.63) is 193 Å². The second kappa shape index (κ2) is 12.7. The fourth-order valence-electron chi connectivity index (χ4n) is 9.09. The molecule has 0 aliphatic heterocycles. The Morgan fingerprint density at radius 1 is 0.321 bits per heavy atom. The zero-order valence-electron chi connectivity index (χ0n) is 31.2. The van der Waals surface area contributed by atoms with Gasteiger partial charge in [0, 0.05) is 21.9 Å². The van der Waals surface area contributed by atoms with Crippen molar-refractivity contribution >= 4 is 64.9 Å². The Kier molecular flexibility index (Phi) is 7.33. The van der Waals surface area contributed by atoms with E-state index >= 15 is 0 Å². The van der Waals surface area contributed by atoms with Crippen LogP contribution in [0.3, 0.4) is 0 Å². The Balaban J connectivity index is 1.34. The van der Waals surface area contributed by atoms with Gasteiger partial charge in [0.2, 0.25) is 0 Å². The number of benzene rings is 9. The lowest BCUT2D eigenvalue weighted by molar-refractivity contribution is 1.37. The van der Waals surface area contributed by atoms with E-state index in [-0.39, 0.29) is 0 Å². The monoisotopic (exact) mass is 712 g/mol. The fourth-order valence-corrected chi connectivity index (χ4v) is 9.09. The van der Waals surface area contributed by atoms with Gasteiger partial charge in [0.25, 0.3) is 0 Å². The van der Waals surface area contributed by atoms with Crippen LogP contribution in [-0.4, -0.2) is 9.97 Å². The van der Waals surface area contributed by atoms with Crippen LogP contribution in [0.15, 0.2) is 182 Å². The van der Waals surface area contributed by atoms with E-state index in [0.717, 1.165) is 66.6 Å². The van der Waals surface area contributed by atoms with Crippen molar-refractivity contribution in [1.82, 2.24) is 9.97 Å². The van der Waals surface area contributed by atoms with Crippen molar-refractivity contribution in [2.75, 3.05) is 0 Å². The first-order valence-corrected chi connectivity index (χ1v) is 19.3. The van der Waals surface area contributed by atoms with Gasteiger partial charge in [-0.1, -0.05) is 158 Å². The number of aryl methyl sites for hydroxylation is 2. The van der Waals surface area contributed by atoms with Gasteiger partial charge in [-0.3, -0.25) is 0 Å². The molecule has 0 radical (unpaired) electrons. The number of pyridine rings is 2. The summed E-state index contributed by atoms with van der Waals surface area (Å²) in [6.45, 7) is 4.43. The number of aromatic nitrogens is 2. The van der Waals surface area contributed by atoms with Gasteiger partial charge in [-0.2, -0.15) is 0 Å². The van der Waals surface area contributed by atoms with Crippen LogP contribution in [0.25, 0.3) is 110 Å². The van der Waals surface area contributed by atoms with Crippen molar-refractivity contribution in [2.45, 2.75) is 13.8 Å². The van der Waals surface area contributed by atoms with Gasteiger partial charge in [-0.25, -0.2) is 9.97 Å². The molecule has 0 fully saturated rings. The molecule has 0 aliphatic carbocycles. The molecule has 0 N–H and O–H groups in total. The first-order valence-electron chi connectivity index (χ1n) is 19.3. The number of rotatable bonds is 4. The molecule has 0 saturated heterocycles. The Morgan fingerprint density at radius 3 is 1.16 bits per heavy atom. The molecule has 0 unspecified atom stereocenters. The standard InChI is InChI=1S/C54H36N2/c1-33-15-13-23-39-29-37-21-9-11-25-41(37)51(49(33)39)47-31-45(35-17-5-3-6-18-35)43-27-28-44-46(36-19-7-4-8-20-36)32-48(56-54(44)53(43)55-47)52-42-26-12-10-22-38(42)30-40-24-14-16-34(2)50(40)52/h3-32H,1-2H3. The second-order valence-electron chi connectivity index (χ2n) is 15.0. The molecular formula is C54H36N2. The van der Waals surface area contributed by atoms with Crippen LogP contribution in [0.1, 0.15) is 11.1 Å². The van der Waals surface area contributed by atoms with Crippen molar-refractivity contribution < 1.29 is 0 Å². The quantitative estimate of drug-likeness (QED) is 0.134. The van der Waals surface area contributed by atoms with Crippen LogP contribution < -0.4 is 0 Å². The summed E-state index contributed by atoms with van der Waals surface area (Å²) >= 11 is 0. The van der Waals surface area contributed by atoms with E-state index in [1.54, 1.807) is 0 Å². The van der Waals surface area contributed by atoms with Crippen LogP contribution in [0, 0.1) is 13.8 Å². The van der Waals surface area contributed by atoms with E-state index in [9.17, 15) is 0 Å². The lowest BCUT2D eigenvalue weighted by Crippen LogP contribution is -1.98. The summed E-state index contributed by atoms with van der Waals surface area (Å²) in [7, 11) is 0. The molecule has 0 atom stereocenters. The highest BCUT2D eigenvalue weighted by atomic mass is 14.8. The van der Waals surface area contributed by atoms with Crippen molar-refractivity contribution in [3.63, 3.8) is 0 Å². The molecule has 0 bridgehead atoms. The highest BCUT2D eigenvalue weighted by molar-refractivity contribution is 6.19. The molecule has 2 heteroatoms. The minimum absolute atomic E-state index is 0.897. The van der Waals surface area contributed by atoms with Crippen molar-refractivity contribution in [1.29, 1.82) is 0 Å². The average Bonchev–Trinajstić information content (AvgIpc) is 3.25. The SMILES string of the molecule is Cc1cccc2cc3ccccc3c(-c3cc(-c4ccccc4)c4ccc5c(-c6ccccc6)cc(-c6c7ccccc7cc7cccc(C)c67)nc5c4n3)c12. The predicted molar refractivity (Wildman–Crippen MR) is 238 cm³/mol. The number of nitrogens with zero attached hydrogens (tertiary/aromatic N) is 2. The molecule has 0 spiro atoms. The largest absolute Gasteiger partial charge is 0.245 e. The highest BCUT2D eigenvalue weighted by Crippen LogP contribution is 2.45. The normalized spacial score (nSPS) is 11.8. The zero-order valence-corrected chi connectivity index (χ0v) is 31.2. The molecular weight excluding hydrogens is 677 g/mol. The Labute approximate surface area is 325 Å². The molecule has 0 amide bonds. The highest BCUT2D eigenvalue weighted by Gasteiger charge is 2.21. The molecule has 11 aromatic rings. The molecule has 2 nitrogen and oxygen atoms in total. The maximum absolute atomic E-state index is 5.75. The van der Waals surface area contributed by atoms with Crippen LogP contribution in [-0.2, 0) is 0 Å². The third kappa shape index (κ3) is 5.03. The van der Waals surface area contributed by atoms with Crippen molar-refractivity contribution in [2.24, 2.45) is 0 Å². The van der Waals surface area contributed by atoms with E-state index in [0.29, 0.717) is 0 Å². The van der Waals surface area contributed by atoms with E-state index in [1.165, 1.54) is 54.2 Å². The molecule has 2 aromatic heterocycles. The summed E-state index contributed by atoms with van der Waals surface area (Å²) in [5.41, 5.74) is 13.0. The molecule has 11 rings (SSSR count). The summed E-state index contributed by atoms with van der Waals surface area (Å²) in [5, 5.41) is 11.8. The van der Waals surface area contributed by atoms with E-state index in [1.807, 2.05) is 0 Å². The van der Waals surface area contributed by atoms with Crippen LogP contribution in [0.2, 0.25) is 0 Å². The van der Waals surface area contributed by atoms with E-state index in [2.05, 4.69) is 196 Å². The minimum Gasteiger partial charge on any atom is -0.245 e. The van der Waals surface area contributed by atoms with Gasteiger partial charge < -0.3 is 0 Å². The number of hydrogen-bond donors (Lipinski definition) is 0. The molecule has 262 valence electrons. The van der Waals surface area contributed by atoms with E-state index in [4.69, 9.17) is 9.97 Å². The summed E-state index contributed by atoms with van der Waals surface area (Å²) in [6, 6.07) is 65.9. The summed E-state index contributed by atoms with van der Waals surface area (Å²) in [6.07, 6.45) is 0. The topological polar surface area (TPSA) is 25.8 Å². The van der Waals surface area contributed by atoms with E-state index < -0.39 is 0 Å². The van der Waals surface area contributed by atoms with Gasteiger partial charge >= 0.3 is 0 Å². The first kappa shape index (κ1) is 32.3. The Morgan fingerprint density at radius 2 is 0.714 bits per heavy atom. The third-order valence-corrected chi connectivity index (χ3v) is 11.6. The summed E-state index contributed by atoms with van der Waals surface area (Å²) < 4.78 is 0. The second-order valence-corrected chi connectivity index (χ2v) is 15.0. The lowest BCUT2D eigenvalue weighted by Gasteiger charge is -2.19. The maximum atomic E-state index is 5.75. The maximum Gasteiger partial charge on any atom is 0.0978 e. The van der Waals surface area contributed by atoms with Crippen LogP contribution in [0.5, 0.6) is 0 Å².